The molecule has 2 aromatic carbocycles. The maximum absolute atomic E-state index is 12.4. The van der Waals surface area contributed by atoms with E-state index in [0.717, 1.165) is 45.9 Å². The normalized spacial score (nSPS) is 12.6. The molecule has 40 heavy (non-hydrogen) atoms. The van der Waals surface area contributed by atoms with E-state index >= 15 is 0 Å². The second-order valence-electron chi connectivity index (χ2n) is 10.2. The number of aliphatic hydroxyl groups excluding tert-OH is 1. The fourth-order valence-corrected chi connectivity index (χ4v) is 4.62. The Morgan fingerprint density at radius 1 is 0.875 bits per heavy atom. The first-order valence-electron chi connectivity index (χ1n) is 13.4. The molecule has 8 heteroatoms. The van der Waals surface area contributed by atoms with Gasteiger partial charge in [-0.05, 0) is 74.2 Å². The topological polar surface area (TPSA) is 116 Å². The predicted molar refractivity (Wildman–Crippen MR) is 155 cm³/mol. The number of carboxylic acid groups (broad SMARTS) is 1. The summed E-state index contributed by atoms with van der Waals surface area (Å²) in [6.07, 6.45) is 2.13. The van der Waals surface area contributed by atoms with Gasteiger partial charge in [0.25, 0.3) is 0 Å². The van der Waals surface area contributed by atoms with Gasteiger partial charge in [-0.15, -0.1) is 0 Å². The first kappa shape index (κ1) is 28.7. The van der Waals surface area contributed by atoms with Gasteiger partial charge in [-0.1, -0.05) is 42.5 Å². The number of rotatable bonds is 12. The van der Waals surface area contributed by atoms with E-state index in [1.165, 1.54) is 12.1 Å². The van der Waals surface area contributed by atoms with Crippen molar-refractivity contribution < 1.29 is 19.8 Å². The van der Waals surface area contributed by atoms with E-state index in [2.05, 4.69) is 39.2 Å². The number of amides is 1. The first-order valence-corrected chi connectivity index (χ1v) is 13.4. The Kier molecular flexibility index (Phi) is 9.47. The summed E-state index contributed by atoms with van der Waals surface area (Å²) in [4.78, 5) is 27.9. The van der Waals surface area contributed by atoms with Crippen LogP contribution in [0, 0.1) is 13.8 Å². The highest BCUT2D eigenvalue weighted by Crippen LogP contribution is 2.17. The van der Waals surface area contributed by atoms with Crippen molar-refractivity contribution in [2.24, 2.45) is 0 Å². The summed E-state index contributed by atoms with van der Waals surface area (Å²) in [7, 11) is 0. The lowest BCUT2D eigenvalue weighted by Gasteiger charge is -2.18. The number of aliphatic hydroxyl groups is 1. The SMILES string of the molecule is Cc1ccc(C)n1-c1ccc([C@H](O)CNC(C)Cc2ccc(CC(=O)NCc3ccc(C(=O)O)cc3)cc2)cn1. The van der Waals surface area contributed by atoms with Gasteiger partial charge in [0.05, 0.1) is 18.1 Å². The number of nitrogens with zero attached hydrogens (tertiary/aromatic N) is 2. The molecule has 0 aliphatic carbocycles. The van der Waals surface area contributed by atoms with Crippen LogP contribution in [0.1, 0.15) is 57.0 Å². The predicted octanol–water partition coefficient (Wildman–Crippen LogP) is 4.30. The van der Waals surface area contributed by atoms with Crippen LogP contribution in [0.5, 0.6) is 0 Å². The minimum absolute atomic E-state index is 0.0970. The van der Waals surface area contributed by atoms with Crippen molar-refractivity contribution in [3.63, 3.8) is 0 Å². The second-order valence-corrected chi connectivity index (χ2v) is 10.2. The van der Waals surface area contributed by atoms with Gasteiger partial charge in [-0.2, -0.15) is 0 Å². The van der Waals surface area contributed by atoms with E-state index < -0.39 is 12.1 Å². The number of hydrogen-bond acceptors (Lipinski definition) is 5. The molecule has 0 saturated heterocycles. The Morgan fingerprint density at radius 3 is 2.10 bits per heavy atom. The molecular weight excluding hydrogens is 504 g/mol. The van der Waals surface area contributed by atoms with Crippen molar-refractivity contribution in [2.75, 3.05) is 6.54 Å². The maximum atomic E-state index is 12.4. The first-order chi connectivity index (χ1) is 19.2. The third-order valence-corrected chi connectivity index (χ3v) is 6.94. The van der Waals surface area contributed by atoms with Crippen molar-refractivity contribution in [3.05, 3.63) is 118 Å². The summed E-state index contributed by atoms with van der Waals surface area (Å²) in [5.41, 5.74) is 6.12. The molecule has 208 valence electrons. The summed E-state index contributed by atoms with van der Waals surface area (Å²) >= 11 is 0. The van der Waals surface area contributed by atoms with E-state index in [-0.39, 0.29) is 23.9 Å². The Balaban J connectivity index is 1.20. The standard InChI is InChI=1S/C32H36N4O4/c1-21(33-20-29(37)28-14-15-30(34-19-28)36-22(2)4-5-23(36)3)16-24-6-8-25(9-7-24)17-31(38)35-18-26-10-12-27(13-11-26)32(39)40/h4-15,19,21,29,33,37H,16-18,20H2,1-3H3,(H,35,38)(H,39,40)/t21?,29-/m1/s1. The highest BCUT2D eigenvalue weighted by molar-refractivity contribution is 5.87. The summed E-state index contributed by atoms with van der Waals surface area (Å²) in [6.45, 7) is 6.93. The third-order valence-electron chi connectivity index (χ3n) is 6.94. The van der Waals surface area contributed by atoms with Crippen LogP contribution in [0.15, 0.2) is 79.0 Å². The molecule has 2 heterocycles. The van der Waals surface area contributed by atoms with Crippen LogP contribution in [0.2, 0.25) is 0 Å². The summed E-state index contributed by atoms with van der Waals surface area (Å²) in [5, 5.41) is 25.9. The van der Waals surface area contributed by atoms with Gasteiger partial charge in [0, 0.05) is 42.3 Å². The Hall–Kier alpha value is -4.27. The van der Waals surface area contributed by atoms with E-state index in [9.17, 15) is 14.7 Å². The van der Waals surface area contributed by atoms with E-state index in [1.807, 2.05) is 50.2 Å². The van der Waals surface area contributed by atoms with Crippen LogP contribution in [-0.4, -0.2) is 44.2 Å². The number of aromatic carboxylic acids is 1. The zero-order valence-corrected chi connectivity index (χ0v) is 23.1. The number of carbonyl (C=O) groups is 2. The van der Waals surface area contributed by atoms with Crippen molar-refractivity contribution in [1.29, 1.82) is 0 Å². The summed E-state index contributed by atoms with van der Waals surface area (Å²) < 4.78 is 2.08. The van der Waals surface area contributed by atoms with Crippen LogP contribution in [0.25, 0.3) is 5.82 Å². The molecule has 0 fully saturated rings. The Morgan fingerprint density at radius 2 is 1.50 bits per heavy atom. The van der Waals surface area contributed by atoms with Crippen LogP contribution >= 0.6 is 0 Å². The number of pyridine rings is 1. The molecule has 0 aliphatic heterocycles. The smallest absolute Gasteiger partial charge is 0.335 e. The van der Waals surface area contributed by atoms with E-state index in [0.29, 0.717) is 13.1 Å². The summed E-state index contributed by atoms with van der Waals surface area (Å²) in [6, 6.07) is 22.5. The molecule has 0 spiro atoms. The largest absolute Gasteiger partial charge is 0.478 e. The monoisotopic (exact) mass is 540 g/mol. The van der Waals surface area contributed by atoms with Gasteiger partial charge in [-0.3, -0.25) is 4.79 Å². The molecule has 1 unspecified atom stereocenters. The number of benzene rings is 2. The van der Waals surface area contributed by atoms with Crippen LogP contribution in [-0.2, 0) is 24.2 Å². The summed E-state index contributed by atoms with van der Waals surface area (Å²) in [5.74, 6) is -0.231. The minimum Gasteiger partial charge on any atom is -0.478 e. The number of nitrogens with one attached hydrogen (secondary N) is 2. The van der Waals surface area contributed by atoms with Crippen molar-refractivity contribution in [1.82, 2.24) is 20.2 Å². The Labute approximate surface area is 234 Å². The zero-order chi connectivity index (χ0) is 28.6. The third kappa shape index (κ3) is 7.65. The molecular formula is C32H36N4O4. The number of carbonyl (C=O) groups excluding carboxylic acids is 1. The number of aromatic nitrogens is 2. The van der Waals surface area contributed by atoms with Gasteiger partial charge in [0.2, 0.25) is 5.91 Å². The van der Waals surface area contributed by atoms with Crippen LogP contribution in [0.3, 0.4) is 0 Å². The molecule has 8 nitrogen and oxygen atoms in total. The second kappa shape index (κ2) is 13.2. The molecule has 2 atom stereocenters. The number of carboxylic acids is 1. The van der Waals surface area contributed by atoms with Gasteiger partial charge in [-0.25, -0.2) is 9.78 Å². The molecule has 0 aliphatic rings. The lowest BCUT2D eigenvalue weighted by Crippen LogP contribution is -2.32. The zero-order valence-electron chi connectivity index (χ0n) is 23.1. The van der Waals surface area contributed by atoms with Crippen molar-refractivity contribution in [3.8, 4) is 5.82 Å². The minimum atomic E-state index is -0.973. The van der Waals surface area contributed by atoms with Gasteiger partial charge in [0.15, 0.2) is 0 Å². The highest BCUT2D eigenvalue weighted by Gasteiger charge is 2.13. The van der Waals surface area contributed by atoms with Gasteiger partial charge >= 0.3 is 5.97 Å². The molecule has 2 aromatic heterocycles. The van der Waals surface area contributed by atoms with Gasteiger partial charge in [0.1, 0.15) is 5.82 Å². The molecule has 4 aromatic rings. The quantitative estimate of drug-likeness (QED) is 0.213. The molecule has 0 saturated carbocycles. The Bertz CT molecular complexity index is 1410. The average Bonchev–Trinajstić information content (AvgIpc) is 3.29. The van der Waals surface area contributed by atoms with Crippen molar-refractivity contribution >= 4 is 11.9 Å². The molecule has 1 amide bonds. The van der Waals surface area contributed by atoms with E-state index in [1.54, 1.807) is 18.3 Å². The maximum Gasteiger partial charge on any atom is 0.335 e. The fraction of sp³-hybridized carbons (Fsp3) is 0.281. The van der Waals surface area contributed by atoms with E-state index in [4.69, 9.17) is 5.11 Å². The molecule has 0 radical (unpaired) electrons. The molecule has 4 N–H and O–H groups in total. The number of hydrogen-bond donors (Lipinski definition) is 4. The molecule has 0 bridgehead atoms. The fourth-order valence-electron chi connectivity index (χ4n) is 4.62. The highest BCUT2D eigenvalue weighted by atomic mass is 16.4. The molecule has 4 rings (SSSR count). The van der Waals surface area contributed by atoms with Gasteiger partial charge < -0.3 is 25.4 Å². The van der Waals surface area contributed by atoms with Crippen LogP contribution in [0.4, 0.5) is 0 Å². The lowest BCUT2D eigenvalue weighted by molar-refractivity contribution is -0.120. The lowest BCUT2D eigenvalue weighted by atomic mass is 10.0. The van der Waals surface area contributed by atoms with Crippen LogP contribution < -0.4 is 10.6 Å². The average molecular weight is 541 g/mol. The van der Waals surface area contributed by atoms with Crippen molar-refractivity contribution in [2.45, 2.75) is 52.3 Å². The number of aryl methyl sites for hydroxylation is 2.